The monoisotopic (exact) mass is 365 g/mol. The molecule has 0 nitrogen and oxygen atoms in total. The minimum absolute atomic E-state index is 1.09. The molecule has 0 atom stereocenters. The highest BCUT2D eigenvalue weighted by Crippen LogP contribution is 2.13. The second-order valence-electron chi connectivity index (χ2n) is 7.47. The first-order chi connectivity index (χ1) is 13.5. The van der Waals surface area contributed by atoms with Crippen molar-refractivity contribution in [3.8, 4) is 0 Å². The largest absolute Gasteiger partial charge is 0.0845 e. The van der Waals surface area contributed by atoms with Gasteiger partial charge in [0.25, 0.3) is 0 Å². The molecule has 0 N–H and O–H groups in total. The van der Waals surface area contributed by atoms with Crippen LogP contribution >= 0.6 is 0 Å². The Morgan fingerprint density at radius 3 is 1.33 bits per heavy atom. The molecule has 0 heteroatoms. The van der Waals surface area contributed by atoms with Crippen molar-refractivity contribution in [2.45, 2.75) is 96.3 Å². The Balaban J connectivity index is 2.27. The van der Waals surface area contributed by atoms with Crippen LogP contribution in [0.3, 0.4) is 0 Å². The van der Waals surface area contributed by atoms with E-state index in [1.54, 1.807) is 0 Å². The van der Waals surface area contributed by atoms with Crippen LogP contribution in [0.2, 0.25) is 0 Å². The molecular weight excluding hydrogens is 324 g/mol. The summed E-state index contributed by atoms with van der Waals surface area (Å²) in [6, 6.07) is 0. The molecule has 0 heterocycles. The summed E-state index contributed by atoms with van der Waals surface area (Å²) in [5, 5.41) is 0. The SMILES string of the molecule is [C]1=C/C=C/C=C/C=C/C=C\C=C\CCCCCCCCCCCCCCC/1. The highest BCUT2D eigenvalue weighted by Gasteiger charge is 1.94. The molecule has 0 saturated heterocycles. The lowest BCUT2D eigenvalue weighted by molar-refractivity contribution is 0.537. The summed E-state index contributed by atoms with van der Waals surface area (Å²) in [5.41, 5.74) is 0. The summed E-state index contributed by atoms with van der Waals surface area (Å²) in [5.74, 6) is 0. The molecule has 0 fully saturated rings. The van der Waals surface area contributed by atoms with E-state index in [4.69, 9.17) is 0 Å². The molecule has 1 aliphatic rings. The Morgan fingerprint density at radius 1 is 0.370 bits per heavy atom. The van der Waals surface area contributed by atoms with Crippen molar-refractivity contribution in [1.29, 1.82) is 0 Å². The molecule has 0 aromatic heterocycles. The fourth-order valence-electron chi connectivity index (χ4n) is 3.26. The normalized spacial score (nSPS) is 27.6. The summed E-state index contributed by atoms with van der Waals surface area (Å²) in [4.78, 5) is 0. The van der Waals surface area contributed by atoms with Crippen molar-refractivity contribution in [2.75, 3.05) is 0 Å². The molecule has 0 aromatic rings. The highest BCUT2D eigenvalue weighted by molar-refractivity contribution is 5.19. The minimum Gasteiger partial charge on any atom is -0.0845 e. The Hall–Kier alpha value is -1.56. The molecule has 1 rings (SSSR count). The van der Waals surface area contributed by atoms with Crippen molar-refractivity contribution in [1.82, 2.24) is 0 Å². The van der Waals surface area contributed by atoms with Crippen LogP contribution in [0.25, 0.3) is 0 Å². The van der Waals surface area contributed by atoms with Crippen molar-refractivity contribution in [3.05, 3.63) is 72.9 Å². The van der Waals surface area contributed by atoms with Gasteiger partial charge in [0.15, 0.2) is 0 Å². The van der Waals surface area contributed by atoms with Crippen LogP contribution in [0, 0.1) is 6.08 Å². The molecule has 27 heavy (non-hydrogen) atoms. The lowest BCUT2D eigenvalue weighted by Gasteiger charge is -2.02. The average Bonchev–Trinajstić information content (AvgIpc) is 2.68. The smallest absolute Gasteiger partial charge is 0.0276 e. The van der Waals surface area contributed by atoms with Gasteiger partial charge in [0.1, 0.15) is 0 Å². The van der Waals surface area contributed by atoms with Crippen LogP contribution in [0.1, 0.15) is 96.3 Å². The van der Waals surface area contributed by atoms with E-state index >= 15 is 0 Å². The van der Waals surface area contributed by atoms with Gasteiger partial charge in [-0.1, -0.05) is 137 Å². The average molecular weight is 366 g/mol. The fourth-order valence-corrected chi connectivity index (χ4v) is 3.26. The molecule has 0 spiro atoms. The van der Waals surface area contributed by atoms with Crippen molar-refractivity contribution in [2.24, 2.45) is 0 Å². The molecule has 0 bridgehead atoms. The van der Waals surface area contributed by atoms with Crippen molar-refractivity contribution < 1.29 is 0 Å². The standard InChI is InChI=1S/C27H41/c1-2-4-6-8-10-12-14-16-18-20-22-24-26-27-25-23-21-19-17-15-13-11-9-7-5-3-1/h1-11H,12,14-27H2/b2-1+,5-3+,6-4-,9-7+,10-8+,13-11?. The van der Waals surface area contributed by atoms with E-state index in [9.17, 15) is 0 Å². The van der Waals surface area contributed by atoms with Gasteiger partial charge in [-0.15, -0.1) is 0 Å². The second kappa shape index (κ2) is 20.7. The van der Waals surface area contributed by atoms with Crippen LogP contribution in [0.5, 0.6) is 0 Å². The number of rotatable bonds is 0. The number of hydrogen-bond acceptors (Lipinski definition) is 0. The minimum atomic E-state index is 1.09. The fraction of sp³-hybridized carbons (Fsp3) is 0.556. The summed E-state index contributed by atoms with van der Waals surface area (Å²) < 4.78 is 0. The van der Waals surface area contributed by atoms with Gasteiger partial charge in [-0.25, -0.2) is 0 Å². The first kappa shape index (κ1) is 23.5. The molecule has 1 radical (unpaired) electrons. The Morgan fingerprint density at radius 2 is 0.778 bits per heavy atom. The lowest BCUT2D eigenvalue weighted by Crippen LogP contribution is -1.83. The van der Waals surface area contributed by atoms with Crippen molar-refractivity contribution in [3.63, 3.8) is 0 Å². The van der Waals surface area contributed by atoms with Gasteiger partial charge >= 0.3 is 0 Å². The van der Waals surface area contributed by atoms with E-state index in [0.717, 1.165) is 6.42 Å². The van der Waals surface area contributed by atoms with E-state index in [1.807, 2.05) is 6.08 Å². The molecule has 0 aliphatic heterocycles. The first-order valence-electron chi connectivity index (χ1n) is 11.4. The third-order valence-corrected chi connectivity index (χ3v) is 4.93. The third kappa shape index (κ3) is 19.0. The van der Waals surface area contributed by atoms with Crippen LogP contribution in [0.15, 0.2) is 66.8 Å². The number of hydrogen-bond donors (Lipinski definition) is 0. The van der Waals surface area contributed by atoms with Crippen molar-refractivity contribution >= 4 is 0 Å². The van der Waals surface area contributed by atoms with Gasteiger partial charge in [-0.05, 0) is 31.8 Å². The second-order valence-corrected chi connectivity index (χ2v) is 7.47. The van der Waals surface area contributed by atoms with Crippen LogP contribution in [0.4, 0.5) is 0 Å². The van der Waals surface area contributed by atoms with Gasteiger partial charge in [0.2, 0.25) is 0 Å². The zero-order valence-electron chi connectivity index (χ0n) is 17.5. The van der Waals surface area contributed by atoms with E-state index in [-0.39, 0.29) is 0 Å². The van der Waals surface area contributed by atoms with Gasteiger partial charge in [-0.2, -0.15) is 0 Å². The van der Waals surface area contributed by atoms with E-state index < -0.39 is 0 Å². The Labute approximate surface area is 169 Å². The predicted octanol–water partition coefficient (Wildman–Crippen LogP) is 8.99. The molecule has 0 unspecified atom stereocenters. The zero-order valence-corrected chi connectivity index (χ0v) is 17.5. The highest BCUT2D eigenvalue weighted by atomic mass is 14.0. The van der Waals surface area contributed by atoms with Gasteiger partial charge in [0.05, 0.1) is 0 Å². The van der Waals surface area contributed by atoms with Crippen LogP contribution in [-0.2, 0) is 0 Å². The third-order valence-electron chi connectivity index (χ3n) is 4.93. The van der Waals surface area contributed by atoms with Crippen LogP contribution < -0.4 is 0 Å². The summed E-state index contributed by atoms with van der Waals surface area (Å²) in [7, 11) is 0. The molecular formula is C27H41. The maximum absolute atomic E-state index is 3.37. The lowest BCUT2D eigenvalue weighted by atomic mass is 10.0. The van der Waals surface area contributed by atoms with E-state index in [0.29, 0.717) is 0 Å². The zero-order chi connectivity index (χ0) is 19.1. The summed E-state index contributed by atoms with van der Waals surface area (Å²) in [6.45, 7) is 0. The molecule has 1 aliphatic carbocycles. The van der Waals surface area contributed by atoms with Gasteiger partial charge in [-0.3, -0.25) is 0 Å². The van der Waals surface area contributed by atoms with E-state index in [2.05, 4.69) is 66.8 Å². The topological polar surface area (TPSA) is 0 Å². The molecule has 0 aromatic carbocycles. The van der Waals surface area contributed by atoms with Gasteiger partial charge in [0, 0.05) is 0 Å². The summed E-state index contributed by atoms with van der Waals surface area (Å²) in [6.07, 6.45) is 47.0. The molecule has 0 saturated carbocycles. The maximum atomic E-state index is 3.37. The van der Waals surface area contributed by atoms with E-state index in [1.165, 1.54) is 89.9 Å². The first-order valence-corrected chi connectivity index (χ1v) is 11.4. The summed E-state index contributed by atoms with van der Waals surface area (Å²) >= 11 is 0. The molecule has 149 valence electrons. The predicted molar refractivity (Wildman–Crippen MR) is 123 cm³/mol. The van der Waals surface area contributed by atoms with Gasteiger partial charge < -0.3 is 0 Å². The Bertz CT molecular complexity index is 426. The number of allylic oxidation sites excluding steroid dienone is 12. The maximum Gasteiger partial charge on any atom is -0.0276 e. The van der Waals surface area contributed by atoms with Crippen LogP contribution in [-0.4, -0.2) is 0 Å². The quantitative estimate of drug-likeness (QED) is 0.401. The molecule has 0 amide bonds. The Kier molecular flexibility index (Phi) is 18.0.